The standard InChI is InChI=1S/C22H22FN3O3/c1-14-3-7-17(12-19(14)23)26-13-16(11-21(26)27)22-24-20(29-25-22)10-6-15-4-8-18(28-2)9-5-15/h3-5,7-9,12,16H,6,10-11,13H2,1-2H3. The Morgan fingerprint density at radius 3 is 2.72 bits per heavy atom. The highest BCUT2D eigenvalue weighted by Crippen LogP contribution is 2.31. The molecule has 0 radical (unpaired) electrons. The van der Waals surface area contributed by atoms with Crippen LogP contribution < -0.4 is 9.64 Å². The van der Waals surface area contributed by atoms with Crippen LogP contribution in [0.3, 0.4) is 0 Å². The number of methoxy groups -OCH3 is 1. The fourth-order valence-corrected chi connectivity index (χ4v) is 3.46. The van der Waals surface area contributed by atoms with Crippen molar-refractivity contribution in [1.29, 1.82) is 0 Å². The lowest BCUT2D eigenvalue weighted by Crippen LogP contribution is -2.24. The second-order valence-corrected chi connectivity index (χ2v) is 7.23. The summed E-state index contributed by atoms with van der Waals surface area (Å²) in [5.74, 6) is 1.34. The molecule has 1 unspecified atom stereocenters. The van der Waals surface area contributed by atoms with Crippen LogP contribution in [-0.2, 0) is 17.6 Å². The number of aromatic nitrogens is 2. The van der Waals surface area contributed by atoms with Gasteiger partial charge in [0, 0.05) is 31.0 Å². The number of halogens is 1. The van der Waals surface area contributed by atoms with E-state index in [9.17, 15) is 9.18 Å². The molecule has 1 aliphatic rings. The second-order valence-electron chi connectivity index (χ2n) is 7.23. The van der Waals surface area contributed by atoms with Crippen LogP contribution in [0.25, 0.3) is 0 Å². The highest BCUT2D eigenvalue weighted by atomic mass is 19.1. The summed E-state index contributed by atoms with van der Waals surface area (Å²) >= 11 is 0. The van der Waals surface area contributed by atoms with Crippen LogP contribution in [0.15, 0.2) is 47.0 Å². The first-order valence-corrected chi connectivity index (χ1v) is 9.55. The maximum Gasteiger partial charge on any atom is 0.227 e. The van der Waals surface area contributed by atoms with Gasteiger partial charge in [-0.2, -0.15) is 4.98 Å². The maximum absolute atomic E-state index is 13.9. The van der Waals surface area contributed by atoms with Crippen LogP contribution in [0.4, 0.5) is 10.1 Å². The summed E-state index contributed by atoms with van der Waals surface area (Å²) in [7, 11) is 1.64. The topological polar surface area (TPSA) is 68.5 Å². The molecule has 0 N–H and O–H groups in total. The molecule has 0 spiro atoms. The average molecular weight is 395 g/mol. The number of ether oxygens (including phenoxy) is 1. The largest absolute Gasteiger partial charge is 0.497 e. The lowest BCUT2D eigenvalue weighted by molar-refractivity contribution is -0.117. The van der Waals surface area contributed by atoms with E-state index in [1.807, 2.05) is 24.3 Å². The van der Waals surface area contributed by atoms with Crippen LogP contribution in [0.5, 0.6) is 5.75 Å². The number of aryl methyl sites for hydroxylation is 3. The molecule has 150 valence electrons. The minimum Gasteiger partial charge on any atom is -0.497 e. The number of anilines is 1. The Hall–Kier alpha value is -3.22. The highest BCUT2D eigenvalue weighted by Gasteiger charge is 2.34. The molecular weight excluding hydrogens is 373 g/mol. The van der Waals surface area contributed by atoms with Gasteiger partial charge in [0.2, 0.25) is 11.8 Å². The van der Waals surface area contributed by atoms with E-state index in [0.717, 1.165) is 17.7 Å². The van der Waals surface area contributed by atoms with Crippen molar-refractivity contribution in [2.75, 3.05) is 18.6 Å². The van der Waals surface area contributed by atoms with E-state index in [1.165, 1.54) is 6.07 Å². The normalized spacial score (nSPS) is 16.4. The fraction of sp³-hybridized carbons (Fsp3) is 0.318. The quantitative estimate of drug-likeness (QED) is 0.635. The van der Waals surface area contributed by atoms with Crippen LogP contribution in [0.1, 0.15) is 35.2 Å². The minimum atomic E-state index is -0.320. The van der Waals surface area contributed by atoms with Gasteiger partial charge >= 0.3 is 0 Å². The molecule has 7 heteroatoms. The Bertz CT molecular complexity index is 1020. The molecule has 1 aliphatic heterocycles. The Balaban J connectivity index is 1.40. The molecular formula is C22H22FN3O3. The Labute approximate surface area is 168 Å². The lowest BCUT2D eigenvalue weighted by Gasteiger charge is -2.16. The molecule has 29 heavy (non-hydrogen) atoms. The number of carbonyl (C=O) groups excluding carboxylic acids is 1. The number of nitrogens with zero attached hydrogens (tertiary/aromatic N) is 3. The van der Waals surface area contributed by atoms with Crippen LogP contribution >= 0.6 is 0 Å². The first kappa shape index (κ1) is 19.1. The SMILES string of the molecule is COc1ccc(CCc2nc(C3CC(=O)N(c4ccc(C)c(F)c4)C3)no2)cc1. The summed E-state index contributed by atoms with van der Waals surface area (Å²) in [5.41, 5.74) is 2.26. The molecule has 1 saturated heterocycles. The monoisotopic (exact) mass is 395 g/mol. The van der Waals surface area contributed by atoms with Crippen molar-refractivity contribution in [3.05, 3.63) is 71.1 Å². The summed E-state index contributed by atoms with van der Waals surface area (Å²) in [4.78, 5) is 18.5. The molecule has 0 bridgehead atoms. The van der Waals surface area contributed by atoms with E-state index in [0.29, 0.717) is 35.9 Å². The van der Waals surface area contributed by atoms with Crippen molar-refractivity contribution >= 4 is 11.6 Å². The van der Waals surface area contributed by atoms with E-state index in [4.69, 9.17) is 9.26 Å². The predicted octanol–water partition coefficient (Wildman–Crippen LogP) is 3.83. The third-order valence-corrected chi connectivity index (χ3v) is 5.23. The van der Waals surface area contributed by atoms with Crippen molar-refractivity contribution < 1.29 is 18.4 Å². The number of carbonyl (C=O) groups is 1. The molecule has 3 aromatic rings. The van der Waals surface area contributed by atoms with Gasteiger partial charge in [0.05, 0.1) is 7.11 Å². The summed E-state index contributed by atoms with van der Waals surface area (Å²) in [6, 6.07) is 12.7. The summed E-state index contributed by atoms with van der Waals surface area (Å²) < 4.78 is 24.4. The molecule has 1 aromatic heterocycles. The van der Waals surface area contributed by atoms with Gasteiger partial charge in [0.15, 0.2) is 5.82 Å². The average Bonchev–Trinajstić information content (AvgIpc) is 3.35. The number of benzene rings is 2. The summed E-state index contributed by atoms with van der Waals surface area (Å²) in [5, 5.41) is 4.07. The second kappa shape index (κ2) is 8.03. The first-order chi connectivity index (χ1) is 14.0. The van der Waals surface area contributed by atoms with Gasteiger partial charge in [0.1, 0.15) is 11.6 Å². The van der Waals surface area contributed by atoms with Gasteiger partial charge in [-0.05, 0) is 48.7 Å². The third kappa shape index (κ3) is 4.13. The molecule has 2 aromatic carbocycles. The van der Waals surface area contributed by atoms with Crippen molar-refractivity contribution in [3.63, 3.8) is 0 Å². The maximum atomic E-state index is 13.9. The summed E-state index contributed by atoms with van der Waals surface area (Å²) in [6.07, 6.45) is 1.67. The molecule has 1 atom stereocenters. The Morgan fingerprint density at radius 2 is 2.00 bits per heavy atom. The molecule has 4 rings (SSSR count). The van der Waals surface area contributed by atoms with Crippen molar-refractivity contribution in [2.24, 2.45) is 0 Å². The third-order valence-electron chi connectivity index (χ3n) is 5.23. The fourth-order valence-electron chi connectivity index (χ4n) is 3.46. The highest BCUT2D eigenvalue weighted by molar-refractivity contribution is 5.96. The van der Waals surface area contributed by atoms with Crippen molar-refractivity contribution in [2.45, 2.75) is 32.1 Å². The zero-order chi connectivity index (χ0) is 20.4. The Kier molecular flexibility index (Phi) is 5.29. The zero-order valence-electron chi connectivity index (χ0n) is 16.4. The Morgan fingerprint density at radius 1 is 1.21 bits per heavy atom. The molecule has 0 aliphatic carbocycles. The van der Waals surface area contributed by atoms with Gasteiger partial charge < -0.3 is 14.2 Å². The van der Waals surface area contributed by atoms with Crippen LogP contribution in [-0.4, -0.2) is 29.7 Å². The minimum absolute atomic E-state index is 0.0668. The van der Waals surface area contributed by atoms with Gasteiger partial charge in [-0.15, -0.1) is 0 Å². The van der Waals surface area contributed by atoms with Crippen LogP contribution in [0, 0.1) is 12.7 Å². The van der Waals surface area contributed by atoms with E-state index < -0.39 is 0 Å². The molecule has 1 amide bonds. The van der Waals surface area contributed by atoms with E-state index in [1.54, 1.807) is 31.1 Å². The molecule has 1 fully saturated rings. The lowest BCUT2D eigenvalue weighted by atomic mass is 10.1. The number of hydrogen-bond acceptors (Lipinski definition) is 5. The first-order valence-electron chi connectivity index (χ1n) is 9.55. The number of rotatable bonds is 6. The van der Waals surface area contributed by atoms with Crippen molar-refractivity contribution in [1.82, 2.24) is 10.1 Å². The van der Waals surface area contributed by atoms with Gasteiger partial charge in [-0.1, -0.05) is 23.4 Å². The number of amides is 1. The molecule has 2 heterocycles. The molecule has 0 saturated carbocycles. The van der Waals surface area contributed by atoms with Gasteiger partial charge in [0.25, 0.3) is 0 Å². The number of hydrogen-bond donors (Lipinski definition) is 0. The van der Waals surface area contributed by atoms with Gasteiger partial charge in [-0.3, -0.25) is 4.79 Å². The van der Waals surface area contributed by atoms with Crippen LogP contribution in [0.2, 0.25) is 0 Å². The zero-order valence-corrected chi connectivity index (χ0v) is 16.4. The van der Waals surface area contributed by atoms with E-state index in [2.05, 4.69) is 10.1 Å². The molecule has 6 nitrogen and oxygen atoms in total. The van der Waals surface area contributed by atoms with E-state index in [-0.39, 0.29) is 24.1 Å². The summed E-state index contributed by atoms with van der Waals surface area (Å²) in [6.45, 7) is 2.11. The predicted molar refractivity (Wildman–Crippen MR) is 106 cm³/mol. The van der Waals surface area contributed by atoms with Gasteiger partial charge in [-0.25, -0.2) is 4.39 Å². The van der Waals surface area contributed by atoms with Crippen molar-refractivity contribution in [3.8, 4) is 5.75 Å². The van der Waals surface area contributed by atoms with E-state index >= 15 is 0 Å². The smallest absolute Gasteiger partial charge is 0.227 e.